The fourth-order valence-electron chi connectivity index (χ4n) is 1.78. The zero-order chi connectivity index (χ0) is 11.6. The number of hydrogen-bond acceptors (Lipinski definition) is 3. The molecule has 0 saturated carbocycles. The van der Waals surface area contributed by atoms with Gasteiger partial charge in [0, 0.05) is 18.8 Å². The highest BCUT2D eigenvalue weighted by Gasteiger charge is 2.39. The number of carboxylic acid groups (broad SMARTS) is 1. The molecule has 3 atom stereocenters. The first kappa shape index (κ1) is 12.3. The quantitative estimate of drug-likeness (QED) is 0.668. The Kier molecular flexibility index (Phi) is 3.93. The topological polar surface area (TPSA) is 77.8 Å². The fraction of sp³-hybridized carbons (Fsp3) is 0.778. The van der Waals surface area contributed by atoms with Crippen LogP contribution in [0.2, 0.25) is 0 Å². The molecule has 0 aromatic heterocycles. The van der Waals surface area contributed by atoms with Crippen molar-refractivity contribution in [3.05, 3.63) is 0 Å². The first-order valence-electron chi connectivity index (χ1n) is 4.73. The molecule has 0 aromatic carbocycles. The van der Waals surface area contributed by atoms with E-state index in [-0.39, 0.29) is 18.2 Å². The summed E-state index contributed by atoms with van der Waals surface area (Å²) in [6, 6.07) is -1.16. The van der Waals surface area contributed by atoms with E-state index in [0.717, 1.165) is 0 Å². The van der Waals surface area contributed by atoms with Crippen molar-refractivity contribution < 1.29 is 19.8 Å². The smallest absolute Gasteiger partial charge is 0.329 e. The van der Waals surface area contributed by atoms with E-state index in [0.29, 0.717) is 12.4 Å². The predicted octanol–water partition coefficient (Wildman–Crippen LogP) is -0.0923. The Morgan fingerprint density at radius 2 is 2.33 bits per heavy atom. The maximum Gasteiger partial charge on any atom is 0.329 e. The second kappa shape index (κ2) is 4.81. The molecule has 15 heavy (non-hydrogen) atoms. The highest BCUT2D eigenvalue weighted by Crippen LogP contribution is 2.22. The molecule has 5 nitrogen and oxygen atoms in total. The Labute approximate surface area is 92.6 Å². The Morgan fingerprint density at radius 1 is 1.73 bits per heavy atom. The molecule has 0 radical (unpaired) electrons. The molecule has 1 unspecified atom stereocenters. The van der Waals surface area contributed by atoms with E-state index in [1.54, 1.807) is 0 Å². The molecular formula is C9H14ClNO4. The Morgan fingerprint density at radius 3 is 2.67 bits per heavy atom. The summed E-state index contributed by atoms with van der Waals surface area (Å²) in [6.07, 6.45) is -0.819. The number of nitrogens with zero attached hydrogens (tertiary/aromatic N) is 1. The number of carbonyl (C=O) groups is 2. The number of likely N-dealkylation sites (tertiary alicyclic amines) is 1. The summed E-state index contributed by atoms with van der Waals surface area (Å²) in [6.45, 7) is 1.67. The highest BCUT2D eigenvalue weighted by atomic mass is 35.5. The molecule has 0 aliphatic carbocycles. The van der Waals surface area contributed by atoms with Gasteiger partial charge in [-0.05, 0) is 12.8 Å². The van der Waals surface area contributed by atoms with Crippen LogP contribution in [0.5, 0.6) is 0 Å². The minimum Gasteiger partial charge on any atom is -0.480 e. The molecule has 6 heteroatoms. The van der Waals surface area contributed by atoms with Gasteiger partial charge in [0.15, 0.2) is 6.04 Å². The molecule has 0 aromatic rings. The minimum atomic E-state index is -1.19. The number of rotatable bonds is 4. The van der Waals surface area contributed by atoms with Crippen LogP contribution in [-0.4, -0.2) is 51.6 Å². The number of aliphatic hydroxyl groups excluding tert-OH is 1. The van der Waals surface area contributed by atoms with Crippen molar-refractivity contribution in [2.45, 2.75) is 25.5 Å². The zero-order valence-corrected chi connectivity index (χ0v) is 9.15. The van der Waals surface area contributed by atoms with Crippen LogP contribution < -0.4 is 0 Å². The van der Waals surface area contributed by atoms with Crippen molar-refractivity contribution in [3.8, 4) is 0 Å². The SMILES string of the molecule is C[C@H](O)[C@H](C(=O)O)N1CC(CCl)CC1=O. The number of aliphatic hydroxyl groups is 1. The lowest BCUT2D eigenvalue weighted by molar-refractivity contribution is -0.152. The number of carboxylic acids is 1. The minimum absolute atomic E-state index is 0.0141. The van der Waals surface area contributed by atoms with Crippen LogP contribution in [0.1, 0.15) is 13.3 Å². The van der Waals surface area contributed by atoms with E-state index in [2.05, 4.69) is 0 Å². The van der Waals surface area contributed by atoms with Crippen LogP contribution in [-0.2, 0) is 9.59 Å². The molecule has 1 aliphatic rings. The van der Waals surface area contributed by atoms with Gasteiger partial charge in [0.1, 0.15) is 0 Å². The van der Waals surface area contributed by atoms with Gasteiger partial charge in [0.25, 0.3) is 0 Å². The summed E-state index contributed by atoms with van der Waals surface area (Å²) in [7, 11) is 0. The van der Waals surface area contributed by atoms with Crippen LogP contribution in [0.4, 0.5) is 0 Å². The van der Waals surface area contributed by atoms with Crippen LogP contribution >= 0.6 is 11.6 Å². The van der Waals surface area contributed by atoms with Crippen LogP contribution in [0.25, 0.3) is 0 Å². The molecular weight excluding hydrogens is 222 g/mol. The van der Waals surface area contributed by atoms with Crippen LogP contribution in [0, 0.1) is 5.92 Å². The standard InChI is InChI=1S/C9H14ClNO4/c1-5(12)8(9(14)15)11-4-6(3-10)2-7(11)13/h5-6,8,12H,2-4H2,1H3,(H,14,15)/t5-,6?,8+/m0/s1. The second-order valence-electron chi connectivity index (χ2n) is 3.79. The number of amides is 1. The molecule has 1 amide bonds. The summed E-state index contributed by atoms with van der Waals surface area (Å²) in [5, 5.41) is 18.2. The maximum absolute atomic E-state index is 11.5. The van der Waals surface area contributed by atoms with Crippen LogP contribution in [0.3, 0.4) is 0 Å². The molecule has 0 spiro atoms. The van der Waals surface area contributed by atoms with Gasteiger partial charge in [0.05, 0.1) is 6.10 Å². The van der Waals surface area contributed by atoms with Gasteiger partial charge in [-0.25, -0.2) is 4.79 Å². The van der Waals surface area contributed by atoms with Gasteiger partial charge in [-0.1, -0.05) is 0 Å². The van der Waals surface area contributed by atoms with Gasteiger partial charge in [-0.15, -0.1) is 11.6 Å². The summed E-state index contributed by atoms with van der Waals surface area (Å²) < 4.78 is 0. The lowest BCUT2D eigenvalue weighted by atomic mass is 10.1. The van der Waals surface area contributed by atoms with Crippen molar-refractivity contribution in [2.75, 3.05) is 12.4 Å². The molecule has 1 heterocycles. The average Bonchev–Trinajstić information content (AvgIpc) is 2.46. The third-order valence-corrected chi connectivity index (χ3v) is 2.94. The predicted molar refractivity (Wildman–Crippen MR) is 53.6 cm³/mol. The van der Waals surface area contributed by atoms with Crippen molar-refractivity contribution >= 4 is 23.5 Å². The lowest BCUT2D eigenvalue weighted by Crippen LogP contribution is -2.48. The molecule has 86 valence electrons. The third kappa shape index (κ3) is 2.60. The zero-order valence-electron chi connectivity index (χ0n) is 8.39. The molecule has 1 fully saturated rings. The normalized spacial score (nSPS) is 25.4. The number of hydrogen-bond donors (Lipinski definition) is 2. The van der Waals surface area contributed by atoms with Crippen molar-refractivity contribution in [2.24, 2.45) is 5.92 Å². The largest absolute Gasteiger partial charge is 0.480 e. The van der Waals surface area contributed by atoms with Gasteiger partial charge < -0.3 is 15.1 Å². The summed E-state index contributed by atoms with van der Waals surface area (Å²) in [4.78, 5) is 23.6. The van der Waals surface area contributed by atoms with E-state index >= 15 is 0 Å². The first-order valence-corrected chi connectivity index (χ1v) is 5.27. The molecule has 1 saturated heterocycles. The van der Waals surface area contributed by atoms with Gasteiger partial charge in [-0.3, -0.25) is 4.79 Å². The maximum atomic E-state index is 11.5. The second-order valence-corrected chi connectivity index (χ2v) is 4.10. The molecule has 1 aliphatic heterocycles. The van der Waals surface area contributed by atoms with E-state index in [9.17, 15) is 14.7 Å². The van der Waals surface area contributed by atoms with E-state index in [4.69, 9.17) is 16.7 Å². The van der Waals surface area contributed by atoms with Crippen molar-refractivity contribution in [1.82, 2.24) is 4.90 Å². The number of aliphatic carboxylic acids is 1. The average molecular weight is 236 g/mol. The lowest BCUT2D eigenvalue weighted by Gasteiger charge is -2.26. The van der Waals surface area contributed by atoms with Gasteiger partial charge >= 0.3 is 5.97 Å². The molecule has 2 N–H and O–H groups in total. The first-order chi connectivity index (χ1) is 6.97. The number of alkyl halides is 1. The van der Waals surface area contributed by atoms with E-state index < -0.39 is 18.1 Å². The monoisotopic (exact) mass is 235 g/mol. The third-order valence-electron chi connectivity index (χ3n) is 2.50. The highest BCUT2D eigenvalue weighted by molar-refractivity contribution is 6.18. The van der Waals surface area contributed by atoms with Gasteiger partial charge in [-0.2, -0.15) is 0 Å². The van der Waals surface area contributed by atoms with Crippen molar-refractivity contribution in [1.29, 1.82) is 0 Å². The summed E-state index contributed by atoms with van der Waals surface area (Å²) in [5.74, 6) is -1.13. The number of carbonyl (C=O) groups excluding carboxylic acids is 1. The summed E-state index contributed by atoms with van der Waals surface area (Å²) >= 11 is 5.61. The van der Waals surface area contributed by atoms with Crippen molar-refractivity contribution in [3.63, 3.8) is 0 Å². The Bertz CT molecular complexity index is 269. The Balaban J connectivity index is 2.77. The summed E-state index contributed by atoms with van der Waals surface area (Å²) in [5.41, 5.74) is 0. The Hall–Kier alpha value is -0.810. The van der Waals surface area contributed by atoms with Gasteiger partial charge in [0.2, 0.25) is 5.91 Å². The fourth-order valence-corrected chi connectivity index (χ4v) is 1.99. The van der Waals surface area contributed by atoms with E-state index in [1.807, 2.05) is 0 Å². The molecule has 0 bridgehead atoms. The van der Waals surface area contributed by atoms with Crippen LogP contribution in [0.15, 0.2) is 0 Å². The molecule has 1 rings (SSSR count). The number of halogens is 1. The van der Waals surface area contributed by atoms with E-state index in [1.165, 1.54) is 11.8 Å².